The summed E-state index contributed by atoms with van der Waals surface area (Å²) in [4.78, 5) is 0. The molecule has 200 valence electrons. The van der Waals surface area contributed by atoms with Gasteiger partial charge in [-0.1, -0.05) is 41.5 Å². The number of alkyl halides is 6. The number of rotatable bonds is 14. The summed E-state index contributed by atoms with van der Waals surface area (Å²) in [6.07, 6.45) is -4.96. The van der Waals surface area contributed by atoms with E-state index in [2.05, 4.69) is 0 Å². The van der Waals surface area contributed by atoms with Gasteiger partial charge in [0, 0.05) is 0 Å². The Bertz CT molecular complexity index is 876. The summed E-state index contributed by atoms with van der Waals surface area (Å²) >= 11 is 0. The van der Waals surface area contributed by atoms with Crippen molar-refractivity contribution in [2.24, 2.45) is 0 Å². The molecule has 13 heteroatoms. The van der Waals surface area contributed by atoms with Gasteiger partial charge >= 0.3 is 11.8 Å². The van der Waals surface area contributed by atoms with Crippen LogP contribution >= 0.6 is 0 Å². The van der Waals surface area contributed by atoms with Gasteiger partial charge in [-0.05, 0) is 52.4 Å². The minimum absolute atomic E-state index is 0.416. The van der Waals surface area contributed by atoms with Crippen LogP contribution in [0.2, 0.25) is 0 Å². The van der Waals surface area contributed by atoms with Crippen LogP contribution in [0.3, 0.4) is 0 Å². The Kier molecular flexibility index (Phi) is 9.66. The molecule has 0 saturated heterocycles. The van der Waals surface area contributed by atoms with E-state index in [1.54, 1.807) is 0 Å². The topological polar surface area (TPSA) is 80.3 Å². The molecule has 0 aromatic carbocycles. The average Bonchev–Trinajstić information content (AvgIpc) is 2.71. The van der Waals surface area contributed by atoms with Crippen molar-refractivity contribution >= 4 is 20.0 Å². The Morgan fingerprint density at radius 3 is 1.12 bits per heavy atom. The van der Waals surface area contributed by atoms with Gasteiger partial charge < -0.3 is 0 Å². The zero-order chi connectivity index (χ0) is 26.9. The van der Waals surface area contributed by atoms with Crippen molar-refractivity contribution in [1.82, 2.24) is 4.13 Å². The summed E-state index contributed by atoms with van der Waals surface area (Å²) in [7, 11) is -11.4. The lowest BCUT2D eigenvalue weighted by molar-refractivity contribution is -0.169. The second-order valence-corrected chi connectivity index (χ2v) is 13.3. The number of nitrogens with one attached hydrogen (secondary N) is 1. The number of sulfonamides is 2. The highest BCUT2D eigenvalue weighted by Gasteiger charge is 2.72. The number of hydrogen-bond acceptors (Lipinski definition) is 4. The van der Waals surface area contributed by atoms with Gasteiger partial charge in [0.25, 0.3) is 0 Å². The van der Waals surface area contributed by atoms with Gasteiger partial charge in [0.2, 0.25) is 20.0 Å². The summed E-state index contributed by atoms with van der Waals surface area (Å²) in [5.74, 6) is -9.19. The van der Waals surface area contributed by atoms with Crippen LogP contribution in [0.1, 0.15) is 93.9 Å². The smallest absolute Gasteiger partial charge is 0.237 e. The fourth-order valence-corrected chi connectivity index (χ4v) is 8.50. The summed E-state index contributed by atoms with van der Waals surface area (Å²) in [5, 5.41) is 0. The summed E-state index contributed by atoms with van der Waals surface area (Å²) < 4.78 is 138. The maximum Gasteiger partial charge on any atom is 0.301 e. The minimum Gasteiger partial charge on any atom is -0.237 e. The fourth-order valence-electron chi connectivity index (χ4n) is 4.08. The SMILES string of the molecule is CCC(F)(CC)C(F)(F)C(C)(C)S(=O)(=O)NS(=O)(=O)C(CC)(CC)C(F)(F)C(F)(CC)CC. The predicted octanol–water partition coefficient (Wildman–Crippen LogP) is 5.90. The Morgan fingerprint density at radius 2 is 0.848 bits per heavy atom. The summed E-state index contributed by atoms with van der Waals surface area (Å²) in [6.45, 7) is 7.17. The Balaban J connectivity index is 6.91. The van der Waals surface area contributed by atoms with Gasteiger partial charge in [-0.3, -0.25) is 0 Å². The molecular formula is C20H37F6NO4S2. The lowest BCUT2D eigenvalue weighted by Crippen LogP contribution is -2.68. The van der Waals surface area contributed by atoms with Crippen molar-refractivity contribution in [2.45, 2.75) is 127 Å². The van der Waals surface area contributed by atoms with Gasteiger partial charge in [-0.15, -0.1) is 4.13 Å². The standard InChI is InChI=1S/C20H37F6NO4S2/c1-9-16(21,10-2)19(23,24)15(7,8)32(28,29)27-33(30,31)18(13-5,14-6)20(25,26)17(22,11-3)12-4/h27H,9-14H2,1-8H3. The van der Waals surface area contributed by atoms with Gasteiger partial charge in [-0.25, -0.2) is 43.2 Å². The van der Waals surface area contributed by atoms with Crippen LogP contribution in [0, 0.1) is 0 Å². The zero-order valence-electron chi connectivity index (χ0n) is 20.5. The monoisotopic (exact) mass is 533 g/mol. The van der Waals surface area contributed by atoms with Crippen LogP contribution < -0.4 is 4.13 Å². The molecule has 33 heavy (non-hydrogen) atoms. The molecule has 0 atom stereocenters. The Morgan fingerprint density at radius 1 is 0.545 bits per heavy atom. The van der Waals surface area contributed by atoms with E-state index >= 15 is 22.0 Å². The largest absolute Gasteiger partial charge is 0.301 e. The molecule has 0 aliphatic heterocycles. The van der Waals surface area contributed by atoms with Crippen molar-refractivity contribution in [2.75, 3.05) is 0 Å². The van der Waals surface area contributed by atoms with E-state index in [1.165, 1.54) is 0 Å². The van der Waals surface area contributed by atoms with Gasteiger partial charge in [-0.2, -0.15) is 0 Å². The van der Waals surface area contributed by atoms with Crippen LogP contribution in [-0.2, 0) is 20.0 Å². The van der Waals surface area contributed by atoms with E-state index in [0.29, 0.717) is 13.8 Å². The maximum absolute atomic E-state index is 15.5. The molecule has 0 radical (unpaired) electrons. The lowest BCUT2D eigenvalue weighted by atomic mass is 9.80. The first-order valence-electron chi connectivity index (χ1n) is 11.0. The molecule has 0 aromatic heterocycles. The van der Waals surface area contributed by atoms with E-state index in [1.807, 2.05) is 0 Å². The van der Waals surface area contributed by atoms with E-state index in [0.717, 1.165) is 45.7 Å². The highest BCUT2D eigenvalue weighted by molar-refractivity contribution is 8.06. The molecular weight excluding hydrogens is 496 g/mol. The highest BCUT2D eigenvalue weighted by atomic mass is 32.3. The van der Waals surface area contributed by atoms with Crippen molar-refractivity contribution in [1.29, 1.82) is 0 Å². The molecule has 0 aliphatic rings. The van der Waals surface area contributed by atoms with Crippen molar-refractivity contribution in [3.05, 3.63) is 0 Å². The third kappa shape index (κ3) is 4.54. The van der Waals surface area contributed by atoms with E-state index in [9.17, 15) is 21.2 Å². The van der Waals surface area contributed by atoms with E-state index < -0.39 is 91.2 Å². The normalized spacial score (nSPS) is 15.7. The average molecular weight is 534 g/mol. The summed E-state index contributed by atoms with van der Waals surface area (Å²) in [6, 6.07) is 0. The van der Waals surface area contributed by atoms with Crippen LogP contribution in [0.4, 0.5) is 26.3 Å². The molecule has 5 nitrogen and oxygen atoms in total. The molecule has 0 heterocycles. The molecule has 0 unspecified atom stereocenters. The van der Waals surface area contributed by atoms with Crippen LogP contribution in [0.15, 0.2) is 0 Å². The van der Waals surface area contributed by atoms with Crippen molar-refractivity contribution in [3.63, 3.8) is 0 Å². The van der Waals surface area contributed by atoms with Gasteiger partial charge in [0.15, 0.2) is 16.1 Å². The first kappa shape index (κ1) is 32.4. The molecule has 0 saturated carbocycles. The fraction of sp³-hybridized carbons (Fsp3) is 1.00. The van der Waals surface area contributed by atoms with E-state index in [4.69, 9.17) is 0 Å². The third-order valence-corrected chi connectivity index (χ3v) is 12.5. The van der Waals surface area contributed by atoms with Gasteiger partial charge in [0.05, 0.1) is 0 Å². The minimum atomic E-state index is -5.69. The second kappa shape index (κ2) is 9.83. The van der Waals surface area contributed by atoms with Gasteiger partial charge in [0.1, 0.15) is 4.75 Å². The van der Waals surface area contributed by atoms with Crippen LogP contribution in [0.5, 0.6) is 0 Å². The van der Waals surface area contributed by atoms with Crippen LogP contribution in [0.25, 0.3) is 0 Å². The van der Waals surface area contributed by atoms with Crippen LogP contribution in [-0.4, -0.2) is 49.5 Å². The predicted molar refractivity (Wildman–Crippen MR) is 117 cm³/mol. The van der Waals surface area contributed by atoms with Crippen molar-refractivity contribution < 1.29 is 43.2 Å². The molecule has 0 spiro atoms. The molecule has 0 amide bonds. The zero-order valence-corrected chi connectivity index (χ0v) is 22.1. The molecule has 1 N–H and O–H groups in total. The summed E-state index contributed by atoms with van der Waals surface area (Å²) in [5.41, 5.74) is -6.63. The highest BCUT2D eigenvalue weighted by Crippen LogP contribution is 2.53. The third-order valence-electron chi connectivity index (χ3n) is 7.24. The molecule has 0 fully saturated rings. The number of halogens is 6. The Hall–Kier alpha value is -0.560. The molecule has 0 aromatic rings. The molecule has 0 bridgehead atoms. The second-order valence-electron chi connectivity index (χ2n) is 8.80. The quantitative estimate of drug-likeness (QED) is 0.282. The molecule has 0 rings (SSSR count). The Labute approximate surface area is 194 Å². The maximum atomic E-state index is 15.5. The number of hydrogen-bond donors (Lipinski definition) is 1. The first-order valence-corrected chi connectivity index (χ1v) is 13.9. The molecule has 0 aliphatic carbocycles. The lowest BCUT2D eigenvalue weighted by Gasteiger charge is -2.46. The van der Waals surface area contributed by atoms with E-state index in [-0.39, 0.29) is 0 Å². The van der Waals surface area contributed by atoms with Crippen molar-refractivity contribution in [3.8, 4) is 0 Å². The first-order chi connectivity index (χ1) is 14.6.